The van der Waals surface area contributed by atoms with E-state index in [0.717, 1.165) is 11.4 Å². The highest BCUT2D eigenvalue weighted by Crippen LogP contribution is 2.18. The van der Waals surface area contributed by atoms with Crippen molar-refractivity contribution in [3.63, 3.8) is 0 Å². The number of hydrogen-bond donors (Lipinski definition) is 1. The van der Waals surface area contributed by atoms with Gasteiger partial charge in [0.1, 0.15) is 0 Å². The van der Waals surface area contributed by atoms with Crippen LogP contribution >= 0.6 is 11.3 Å². The third-order valence-electron chi connectivity index (χ3n) is 2.43. The molecule has 1 N–H and O–H groups in total. The average molecular weight is 222 g/mol. The second kappa shape index (κ2) is 4.55. The van der Waals surface area contributed by atoms with Gasteiger partial charge in [-0.15, -0.1) is 11.3 Å². The summed E-state index contributed by atoms with van der Waals surface area (Å²) < 4.78 is 1.90. The van der Waals surface area contributed by atoms with Crippen LogP contribution in [0.15, 0.2) is 23.8 Å². The van der Waals surface area contributed by atoms with Crippen molar-refractivity contribution < 1.29 is 0 Å². The van der Waals surface area contributed by atoms with Crippen LogP contribution in [0.25, 0.3) is 0 Å². The SMILES string of the molecule is CNC(Cc1nccs1)c1ccnn1C. The van der Waals surface area contributed by atoms with Gasteiger partial charge in [-0.05, 0) is 13.1 Å². The number of thiazole rings is 1. The Labute approximate surface area is 93.0 Å². The summed E-state index contributed by atoms with van der Waals surface area (Å²) in [4.78, 5) is 4.29. The Hall–Kier alpha value is -1.20. The predicted octanol–water partition coefficient (Wildman–Crippen LogP) is 1.38. The summed E-state index contributed by atoms with van der Waals surface area (Å²) >= 11 is 1.69. The van der Waals surface area contributed by atoms with E-state index >= 15 is 0 Å². The lowest BCUT2D eigenvalue weighted by molar-refractivity contribution is 0.536. The van der Waals surface area contributed by atoms with Gasteiger partial charge in [-0.1, -0.05) is 0 Å². The standard InChI is InChI=1S/C10H14N4S/c1-11-8(7-10-12-5-6-15-10)9-3-4-13-14(9)2/h3-6,8,11H,7H2,1-2H3. The fourth-order valence-corrected chi connectivity index (χ4v) is 2.27. The van der Waals surface area contributed by atoms with Crippen LogP contribution in [0, 0.1) is 0 Å². The largest absolute Gasteiger partial charge is 0.311 e. The fraction of sp³-hybridized carbons (Fsp3) is 0.400. The van der Waals surface area contributed by atoms with E-state index in [9.17, 15) is 0 Å². The van der Waals surface area contributed by atoms with E-state index in [4.69, 9.17) is 0 Å². The minimum Gasteiger partial charge on any atom is -0.311 e. The highest BCUT2D eigenvalue weighted by Gasteiger charge is 2.14. The third-order valence-corrected chi connectivity index (χ3v) is 3.23. The van der Waals surface area contributed by atoms with Crippen molar-refractivity contribution in [1.29, 1.82) is 0 Å². The summed E-state index contributed by atoms with van der Waals surface area (Å²) in [6, 6.07) is 2.32. The van der Waals surface area contributed by atoms with Crippen molar-refractivity contribution >= 4 is 11.3 Å². The van der Waals surface area contributed by atoms with E-state index < -0.39 is 0 Å². The molecule has 0 saturated carbocycles. The first-order valence-corrected chi connectivity index (χ1v) is 5.72. The molecule has 0 aliphatic carbocycles. The number of likely N-dealkylation sites (N-methyl/N-ethyl adjacent to an activating group) is 1. The van der Waals surface area contributed by atoms with Gasteiger partial charge in [0.2, 0.25) is 0 Å². The zero-order chi connectivity index (χ0) is 10.7. The zero-order valence-electron chi connectivity index (χ0n) is 8.84. The van der Waals surface area contributed by atoms with E-state index in [1.54, 1.807) is 11.3 Å². The van der Waals surface area contributed by atoms with E-state index in [1.807, 2.05) is 42.6 Å². The fourth-order valence-electron chi connectivity index (χ4n) is 1.61. The van der Waals surface area contributed by atoms with Crippen molar-refractivity contribution in [1.82, 2.24) is 20.1 Å². The summed E-state index contributed by atoms with van der Waals surface area (Å²) in [6.45, 7) is 0. The molecule has 0 aliphatic heterocycles. The van der Waals surface area contributed by atoms with Crippen LogP contribution in [0.2, 0.25) is 0 Å². The molecule has 0 spiro atoms. The molecule has 0 fully saturated rings. The maximum Gasteiger partial charge on any atom is 0.0944 e. The smallest absolute Gasteiger partial charge is 0.0944 e. The van der Waals surface area contributed by atoms with Crippen molar-refractivity contribution in [3.05, 3.63) is 34.5 Å². The minimum absolute atomic E-state index is 0.281. The van der Waals surface area contributed by atoms with E-state index in [0.29, 0.717) is 0 Å². The summed E-state index contributed by atoms with van der Waals surface area (Å²) in [5.41, 5.74) is 1.19. The molecule has 15 heavy (non-hydrogen) atoms. The van der Waals surface area contributed by atoms with Crippen LogP contribution in [0.4, 0.5) is 0 Å². The van der Waals surface area contributed by atoms with Crippen molar-refractivity contribution in [2.24, 2.45) is 7.05 Å². The van der Waals surface area contributed by atoms with Crippen LogP contribution < -0.4 is 5.32 Å². The number of rotatable bonds is 4. The van der Waals surface area contributed by atoms with Gasteiger partial charge in [-0.3, -0.25) is 4.68 Å². The van der Waals surface area contributed by atoms with E-state index in [2.05, 4.69) is 15.4 Å². The quantitative estimate of drug-likeness (QED) is 0.850. The van der Waals surface area contributed by atoms with Gasteiger partial charge in [0.15, 0.2) is 0 Å². The number of nitrogens with one attached hydrogen (secondary N) is 1. The second-order valence-corrected chi connectivity index (χ2v) is 4.33. The number of aromatic nitrogens is 3. The first-order valence-electron chi connectivity index (χ1n) is 4.85. The number of hydrogen-bond acceptors (Lipinski definition) is 4. The van der Waals surface area contributed by atoms with Gasteiger partial charge >= 0.3 is 0 Å². The molecule has 2 aromatic rings. The average Bonchev–Trinajstić information content (AvgIpc) is 2.85. The van der Waals surface area contributed by atoms with E-state index in [1.165, 1.54) is 5.69 Å². The Morgan fingerprint density at radius 2 is 2.40 bits per heavy atom. The van der Waals surface area contributed by atoms with Crippen molar-refractivity contribution in [2.75, 3.05) is 7.05 Å². The Morgan fingerprint density at radius 1 is 1.53 bits per heavy atom. The lowest BCUT2D eigenvalue weighted by Gasteiger charge is -2.14. The molecule has 0 amide bonds. The lowest BCUT2D eigenvalue weighted by atomic mass is 10.1. The van der Waals surface area contributed by atoms with E-state index in [-0.39, 0.29) is 6.04 Å². The van der Waals surface area contributed by atoms with Gasteiger partial charge in [0.05, 0.1) is 16.7 Å². The van der Waals surface area contributed by atoms with Crippen LogP contribution in [0.1, 0.15) is 16.7 Å². The third kappa shape index (κ3) is 2.24. The molecule has 0 aliphatic rings. The van der Waals surface area contributed by atoms with Crippen molar-refractivity contribution in [2.45, 2.75) is 12.5 Å². The highest BCUT2D eigenvalue weighted by molar-refractivity contribution is 7.09. The summed E-state index contributed by atoms with van der Waals surface area (Å²) in [5, 5.41) is 10.6. The van der Waals surface area contributed by atoms with Gasteiger partial charge in [-0.2, -0.15) is 5.10 Å². The first kappa shape index (κ1) is 10.3. The Morgan fingerprint density at radius 3 is 2.93 bits per heavy atom. The molecule has 2 aromatic heterocycles. The maximum absolute atomic E-state index is 4.29. The molecule has 2 heterocycles. The molecule has 0 saturated heterocycles. The molecular formula is C10H14N4S. The van der Waals surface area contributed by atoms with Gasteiger partial charge < -0.3 is 5.32 Å². The van der Waals surface area contributed by atoms with Gasteiger partial charge in [-0.25, -0.2) is 4.98 Å². The molecule has 1 unspecified atom stereocenters. The number of aryl methyl sites for hydroxylation is 1. The van der Waals surface area contributed by atoms with Crippen molar-refractivity contribution in [3.8, 4) is 0 Å². The summed E-state index contributed by atoms with van der Waals surface area (Å²) in [5.74, 6) is 0. The molecule has 0 aromatic carbocycles. The lowest BCUT2D eigenvalue weighted by Crippen LogP contribution is -2.21. The summed E-state index contributed by atoms with van der Waals surface area (Å²) in [7, 11) is 3.92. The Balaban J connectivity index is 2.15. The molecule has 5 heteroatoms. The molecule has 4 nitrogen and oxygen atoms in total. The van der Waals surface area contributed by atoms with Gasteiger partial charge in [0, 0.05) is 31.2 Å². The molecule has 2 rings (SSSR count). The molecule has 0 bridgehead atoms. The van der Waals surface area contributed by atoms with Gasteiger partial charge in [0.25, 0.3) is 0 Å². The maximum atomic E-state index is 4.29. The monoisotopic (exact) mass is 222 g/mol. The Bertz CT molecular complexity index is 407. The topological polar surface area (TPSA) is 42.7 Å². The highest BCUT2D eigenvalue weighted by atomic mass is 32.1. The van der Waals surface area contributed by atoms with Crippen LogP contribution in [-0.4, -0.2) is 21.8 Å². The number of nitrogens with zero attached hydrogens (tertiary/aromatic N) is 3. The first-order chi connectivity index (χ1) is 7.31. The molecule has 80 valence electrons. The Kier molecular flexibility index (Phi) is 3.13. The zero-order valence-corrected chi connectivity index (χ0v) is 9.66. The minimum atomic E-state index is 0.281. The predicted molar refractivity (Wildman–Crippen MR) is 60.8 cm³/mol. The summed E-state index contributed by atoms with van der Waals surface area (Å²) in [6.07, 6.45) is 4.57. The molecular weight excluding hydrogens is 208 g/mol. The van der Waals surface area contributed by atoms with Crippen LogP contribution in [-0.2, 0) is 13.5 Å². The second-order valence-electron chi connectivity index (χ2n) is 3.35. The normalized spacial score (nSPS) is 12.9. The molecule has 1 atom stereocenters. The molecule has 0 radical (unpaired) electrons. The van der Waals surface area contributed by atoms with Crippen LogP contribution in [0.3, 0.4) is 0 Å². The van der Waals surface area contributed by atoms with Crippen LogP contribution in [0.5, 0.6) is 0 Å².